The number of aromatic amines is 1. The summed E-state index contributed by atoms with van der Waals surface area (Å²) < 4.78 is 0. The van der Waals surface area contributed by atoms with Crippen molar-refractivity contribution in [2.24, 2.45) is 5.34 Å². The lowest BCUT2D eigenvalue weighted by atomic mass is 10.2. The van der Waals surface area contributed by atoms with E-state index >= 15 is 0 Å². The highest BCUT2D eigenvalue weighted by Gasteiger charge is 2.02. The fourth-order valence-electron chi connectivity index (χ4n) is 1.16. The first-order valence-electron chi connectivity index (χ1n) is 3.47. The van der Waals surface area contributed by atoms with Gasteiger partial charge >= 0.3 is 0 Å². The molecule has 0 aliphatic heterocycles. The maximum Gasteiger partial charge on any atom is 0.186 e. The van der Waals surface area contributed by atoms with Crippen LogP contribution in [0.25, 0.3) is 10.9 Å². The van der Waals surface area contributed by atoms with E-state index in [9.17, 15) is 4.91 Å². The van der Waals surface area contributed by atoms with Gasteiger partial charge in [0.1, 0.15) is 0 Å². The SMILES string of the molecule is O=NOc1c[nH]c2ccccc12. The lowest BCUT2D eigenvalue weighted by Gasteiger charge is -1.89. The van der Waals surface area contributed by atoms with Crippen LogP contribution < -0.4 is 4.84 Å². The Bertz CT molecular complexity index is 408. The monoisotopic (exact) mass is 162 g/mol. The molecular weight excluding hydrogens is 156 g/mol. The van der Waals surface area contributed by atoms with E-state index in [1.54, 1.807) is 6.20 Å². The number of hydrogen-bond donors (Lipinski definition) is 1. The van der Waals surface area contributed by atoms with Gasteiger partial charge in [0.05, 0.1) is 0 Å². The molecule has 2 aromatic rings. The highest BCUT2D eigenvalue weighted by molar-refractivity contribution is 5.85. The standard InChI is InChI=1S/C8H6N2O2/c11-10-12-8-5-9-7-4-2-1-3-6(7)8/h1-5,9H. The molecule has 1 aromatic heterocycles. The molecule has 0 bridgehead atoms. The minimum absolute atomic E-state index is 0.459. The van der Waals surface area contributed by atoms with E-state index < -0.39 is 0 Å². The summed E-state index contributed by atoms with van der Waals surface area (Å²) in [4.78, 5) is 17.3. The second-order valence-electron chi connectivity index (χ2n) is 2.36. The highest BCUT2D eigenvalue weighted by Crippen LogP contribution is 2.24. The van der Waals surface area contributed by atoms with E-state index in [2.05, 4.69) is 15.2 Å². The van der Waals surface area contributed by atoms with E-state index in [0.717, 1.165) is 10.9 Å². The molecule has 1 N–H and O–H groups in total. The van der Waals surface area contributed by atoms with Crippen LogP contribution in [0.15, 0.2) is 35.8 Å². The number of para-hydroxylation sites is 1. The Morgan fingerprint density at radius 2 is 2.17 bits per heavy atom. The van der Waals surface area contributed by atoms with Crippen LogP contribution in [0.3, 0.4) is 0 Å². The predicted octanol–water partition coefficient (Wildman–Crippen LogP) is 2.23. The first-order valence-corrected chi connectivity index (χ1v) is 3.47. The third-order valence-corrected chi connectivity index (χ3v) is 1.69. The van der Waals surface area contributed by atoms with E-state index in [1.807, 2.05) is 24.3 Å². The predicted molar refractivity (Wildman–Crippen MR) is 44.7 cm³/mol. The summed E-state index contributed by atoms with van der Waals surface area (Å²) in [5.41, 5.74) is 0.927. The number of fused-ring (bicyclic) bond motifs is 1. The van der Waals surface area contributed by atoms with Crippen molar-refractivity contribution in [2.45, 2.75) is 0 Å². The molecule has 2 rings (SSSR count). The van der Waals surface area contributed by atoms with Crippen molar-refractivity contribution in [2.75, 3.05) is 0 Å². The molecule has 0 aliphatic carbocycles. The maximum absolute atomic E-state index is 9.83. The van der Waals surface area contributed by atoms with Gasteiger partial charge in [-0.05, 0) is 12.1 Å². The van der Waals surface area contributed by atoms with Gasteiger partial charge in [0.25, 0.3) is 0 Å². The Balaban J connectivity index is 2.62. The summed E-state index contributed by atoms with van der Waals surface area (Å²) in [6.45, 7) is 0. The zero-order valence-corrected chi connectivity index (χ0v) is 6.15. The zero-order chi connectivity index (χ0) is 8.39. The average Bonchev–Trinajstić information content (AvgIpc) is 2.50. The van der Waals surface area contributed by atoms with Crippen molar-refractivity contribution in [1.82, 2.24) is 4.98 Å². The maximum atomic E-state index is 9.83. The minimum atomic E-state index is 0.459. The summed E-state index contributed by atoms with van der Waals surface area (Å²) in [7, 11) is 0. The van der Waals surface area contributed by atoms with Crippen molar-refractivity contribution in [3.8, 4) is 5.75 Å². The van der Waals surface area contributed by atoms with Crippen LogP contribution in [0.2, 0.25) is 0 Å². The van der Waals surface area contributed by atoms with Crippen LogP contribution in [0, 0.1) is 4.91 Å². The second-order valence-corrected chi connectivity index (χ2v) is 2.36. The summed E-state index contributed by atoms with van der Waals surface area (Å²) >= 11 is 0. The average molecular weight is 162 g/mol. The second kappa shape index (κ2) is 2.65. The number of aromatic nitrogens is 1. The number of hydrogen-bond acceptors (Lipinski definition) is 3. The Kier molecular flexibility index (Phi) is 1.51. The number of rotatable bonds is 2. The van der Waals surface area contributed by atoms with E-state index in [-0.39, 0.29) is 0 Å². The Hall–Kier alpha value is -1.84. The third-order valence-electron chi connectivity index (χ3n) is 1.69. The lowest BCUT2D eigenvalue weighted by Crippen LogP contribution is -1.76. The van der Waals surface area contributed by atoms with Gasteiger partial charge in [-0.3, -0.25) is 0 Å². The number of H-pyrrole nitrogens is 1. The van der Waals surface area contributed by atoms with Crippen LogP contribution in [-0.2, 0) is 0 Å². The van der Waals surface area contributed by atoms with Gasteiger partial charge in [-0.2, -0.15) is 0 Å². The highest BCUT2D eigenvalue weighted by atomic mass is 16.7. The van der Waals surface area contributed by atoms with Crippen molar-refractivity contribution in [3.05, 3.63) is 35.4 Å². The van der Waals surface area contributed by atoms with Gasteiger partial charge < -0.3 is 9.82 Å². The fraction of sp³-hybridized carbons (Fsp3) is 0. The van der Waals surface area contributed by atoms with E-state index in [4.69, 9.17) is 0 Å². The van der Waals surface area contributed by atoms with Gasteiger partial charge in [-0.25, -0.2) is 0 Å². The van der Waals surface area contributed by atoms with Crippen molar-refractivity contribution in [3.63, 3.8) is 0 Å². The molecule has 0 aliphatic rings. The molecule has 0 saturated heterocycles. The normalized spacial score (nSPS) is 10.0. The van der Waals surface area contributed by atoms with Crippen LogP contribution in [0.5, 0.6) is 5.75 Å². The largest absolute Gasteiger partial charge is 0.358 e. The third kappa shape index (κ3) is 0.934. The summed E-state index contributed by atoms with van der Waals surface area (Å²) in [5.74, 6) is 0.459. The molecule has 12 heavy (non-hydrogen) atoms. The van der Waals surface area contributed by atoms with E-state index in [1.165, 1.54) is 0 Å². The molecule has 0 amide bonds. The van der Waals surface area contributed by atoms with Crippen LogP contribution in [0.1, 0.15) is 0 Å². The Labute approximate surface area is 68.1 Å². The van der Waals surface area contributed by atoms with Gasteiger partial charge in [-0.15, -0.1) is 4.91 Å². The molecule has 4 nitrogen and oxygen atoms in total. The van der Waals surface area contributed by atoms with Crippen molar-refractivity contribution < 1.29 is 4.84 Å². The number of benzene rings is 1. The van der Waals surface area contributed by atoms with E-state index in [0.29, 0.717) is 5.75 Å². The minimum Gasteiger partial charge on any atom is -0.358 e. The molecule has 1 heterocycles. The first-order chi connectivity index (χ1) is 5.92. The van der Waals surface area contributed by atoms with Gasteiger partial charge in [0, 0.05) is 17.1 Å². The molecule has 0 unspecified atom stereocenters. The molecule has 0 spiro atoms. The summed E-state index contributed by atoms with van der Waals surface area (Å²) in [6.07, 6.45) is 1.60. The first kappa shape index (κ1) is 6.84. The Morgan fingerprint density at radius 1 is 1.33 bits per heavy atom. The van der Waals surface area contributed by atoms with Gasteiger partial charge in [0.2, 0.25) is 0 Å². The molecule has 0 radical (unpaired) electrons. The van der Waals surface area contributed by atoms with Crippen LogP contribution in [0.4, 0.5) is 0 Å². The smallest absolute Gasteiger partial charge is 0.186 e. The van der Waals surface area contributed by atoms with Crippen LogP contribution >= 0.6 is 0 Å². The fourth-order valence-corrected chi connectivity index (χ4v) is 1.16. The summed E-state index contributed by atoms with van der Waals surface area (Å²) in [5, 5.41) is 3.22. The quantitative estimate of drug-likeness (QED) is 0.543. The molecule has 0 atom stereocenters. The molecule has 4 heteroatoms. The van der Waals surface area contributed by atoms with Crippen LogP contribution in [-0.4, -0.2) is 4.98 Å². The molecule has 0 saturated carbocycles. The molecule has 1 aromatic carbocycles. The van der Waals surface area contributed by atoms with Gasteiger partial charge in [-0.1, -0.05) is 12.1 Å². The van der Waals surface area contributed by atoms with Crippen molar-refractivity contribution >= 4 is 10.9 Å². The van der Waals surface area contributed by atoms with Crippen molar-refractivity contribution in [1.29, 1.82) is 0 Å². The molecular formula is C8H6N2O2. The Morgan fingerprint density at radius 3 is 3.00 bits per heavy atom. The topological polar surface area (TPSA) is 54.4 Å². The number of nitrogens with one attached hydrogen (secondary N) is 1. The molecule has 0 fully saturated rings. The lowest BCUT2D eigenvalue weighted by molar-refractivity contribution is 0.339. The number of nitrogens with zero attached hydrogens (tertiary/aromatic N) is 1. The van der Waals surface area contributed by atoms with Gasteiger partial charge in [0.15, 0.2) is 11.1 Å². The molecule has 60 valence electrons. The zero-order valence-electron chi connectivity index (χ0n) is 6.15. The summed E-state index contributed by atoms with van der Waals surface area (Å²) in [6, 6.07) is 7.52.